The minimum Gasteiger partial charge on any atom is -0.493 e. The van der Waals surface area contributed by atoms with E-state index in [1.165, 1.54) is 30.6 Å². The molecule has 0 radical (unpaired) electrons. The highest BCUT2D eigenvalue weighted by Gasteiger charge is 2.37. The molecule has 3 rings (SSSR count). The first-order valence-corrected chi connectivity index (χ1v) is 12.4. The molecule has 0 atom stereocenters. The van der Waals surface area contributed by atoms with Gasteiger partial charge in [-0.25, -0.2) is 4.90 Å². The average Bonchev–Trinajstić information content (AvgIpc) is 3.06. The highest BCUT2D eigenvalue weighted by Crippen LogP contribution is 2.38. The molecular formula is C27H33NO4S. The molecule has 2 amide bonds. The van der Waals surface area contributed by atoms with E-state index >= 15 is 0 Å². The number of rotatable bonds is 11. The lowest BCUT2D eigenvalue weighted by Gasteiger charge is -2.15. The lowest BCUT2D eigenvalue weighted by Crippen LogP contribution is -2.28. The smallest absolute Gasteiger partial charge is 0.298 e. The van der Waals surface area contributed by atoms with Crippen LogP contribution in [0.15, 0.2) is 41.3 Å². The quantitative estimate of drug-likeness (QED) is 0.256. The Balaban J connectivity index is 1.67. The van der Waals surface area contributed by atoms with E-state index in [9.17, 15) is 9.59 Å². The molecular weight excluding hydrogens is 434 g/mol. The van der Waals surface area contributed by atoms with Crippen LogP contribution in [-0.4, -0.2) is 24.9 Å². The number of carbonyl (C=O) groups excluding carboxylic acids is 2. The first-order valence-electron chi connectivity index (χ1n) is 11.6. The van der Waals surface area contributed by atoms with Gasteiger partial charge in [0.2, 0.25) is 0 Å². The van der Waals surface area contributed by atoms with Crippen LogP contribution in [0.2, 0.25) is 0 Å². The highest BCUT2D eigenvalue weighted by atomic mass is 32.2. The number of methoxy groups -OCH3 is 1. The van der Waals surface area contributed by atoms with Crippen LogP contribution >= 0.6 is 11.8 Å². The minimum atomic E-state index is -0.306. The number of aryl methyl sites for hydroxylation is 2. The molecule has 6 heteroatoms. The van der Waals surface area contributed by atoms with Gasteiger partial charge in [-0.05, 0) is 67.4 Å². The molecule has 0 spiro atoms. The van der Waals surface area contributed by atoms with Crippen molar-refractivity contribution in [2.75, 3.05) is 18.6 Å². The summed E-state index contributed by atoms with van der Waals surface area (Å²) in [6, 6.07) is 11.3. The summed E-state index contributed by atoms with van der Waals surface area (Å²) >= 11 is 0.953. The number of amides is 2. The largest absolute Gasteiger partial charge is 0.493 e. The molecule has 1 heterocycles. The number of carbonyl (C=O) groups is 2. The second kappa shape index (κ2) is 11.9. The van der Waals surface area contributed by atoms with Gasteiger partial charge in [0.05, 0.1) is 24.3 Å². The molecule has 0 unspecified atom stereocenters. The number of hydrogen-bond acceptors (Lipinski definition) is 5. The first-order chi connectivity index (χ1) is 15.9. The lowest BCUT2D eigenvalue weighted by molar-refractivity contribution is -0.113. The third-order valence-corrected chi connectivity index (χ3v) is 6.50. The monoisotopic (exact) mass is 467 g/mol. The summed E-state index contributed by atoms with van der Waals surface area (Å²) in [7, 11) is 1.60. The van der Waals surface area contributed by atoms with E-state index in [1.807, 2.05) is 50.2 Å². The number of anilines is 1. The molecule has 5 nitrogen and oxygen atoms in total. The van der Waals surface area contributed by atoms with Gasteiger partial charge < -0.3 is 9.47 Å². The van der Waals surface area contributed by atoms with E-state index in [4.69, 9.17) is 9.47 Å². The van der Waals surface area contributed by atoms with Crippen molar-refractivity contribution >= 4 is 34.7 Å². The number of hydrogen-bond donors (Lipinski definition) is 0. The summed E-state index contributed by atoms with van der Waals surface area (Å²) in [5.41, 5.74) is 3.39. The molecule has 1 aliphatic heterocycles. The SMILES string of the molecule is CCCCCCCCOc1ccc(/C=C2\SC(=O)N(c3ccc(C)cc3C)C2=O)cc1OC. The lowest BCUT2D eigenvalue weighted by atomic mass is 10.1. The Morgan fingerprint density at radius 2 is 1.70 bits per heavy atom. The third-order valence-electron chi connectivity index (χ3n) is 5.63. The van der Waals surface area contributed by atoms with Crippen molar-refractivity contribution in [1.29, 1.82) is 0 Å². The zero-order valence-electron chi connectivity index (χ0n) is 20.0. The van der Waals surface area contributed by atoms with Crippen LogP contribution in [0.5, 0.6) is 11.5 Å². The number of unbranched alkanes of at least 4 members (excludes halogenated alkanes) is 5. The number of imide groups is 1. The van der Waals surface area contributed by atoms with Crippen LogP contribution in [0.1, 0.15) is 62.1 Å². The Labute approximate surface area is 201 Å². The van der Waals surface area contributed by atoms with E-state index in [0.29, 0.717) is 28.7 Å². The molecule has 0 aliphatic carbocycles. The zero-order valence-corrected chi connectivity index (χ0v) is 20.8. The van der Waals surface area contributed by atoms with Crippen molar-refractivity contribution in [2.45, 2.75) is 59.3 Å². The maximum absolute atomic E-state index is 13.0. The summed E-state index contributed by atoms with van der Waals surface area (Å²) in [5, 5.41) is -0.288. The van der Waals surface area contributed by atoms with Crippen LogP contribution in [0, 0.1) is 13.8 Å². The number of benzene rings is 2. The molecule has 1 fully saturated rings. The standard InChI is InChI=1S/C27H33NO4S/c1-5-6-7-8-9-10-15-32-23-14-12-21(17-24(23)31-4)18-25-26(29)28(27(30)33-25)22-13-11-19(2)16-20(22)3/h11-14,16-18H,5-10,15H2,1-4H3/b25-18-. The second-order valence-electron chi connectivity index (χ2n) is 8.33. The van der Waals surface area contributed by atoms with Gasteiger partial charge in [0.25, 0.3) is 11.1 Å². The maximum Gasteiger partial charge on any atom is 0.298 e. The fourth-order valence-corrected chi connectivity index (χ4v) is 4.68. The fourth-order valence-electron chi connectivity index (χ4n) is 3.84. The van der Waals surface area contributed by atoms with Gasteiger partial charge in [-0.2, -0.15) is 0 Å². The normalized spacial score (nSPS) is 14.9. The molecule has 1 aliphatic rings. The number of thioether (sulfide) groups is 1. The summed E-state index contributed by atoms with van der Waals surface area (Å²) in [4.78, 5) is 27.3. The Kier molecular flexibility index (Phi) is 9.01. The molecule has 0 bridgehead atoms. The van der Waals surface area contributed by atoms with Crippen molar-refractivity contribution in [3.8, 4) is 11.5 Å². The van der Waals surface area contributed by atoms with Gasteiger partial charge in [0, 0.05) is 0 Å². The minimum absolute atomic E-state index is 0.288. The Bertz CT molecular complexity index is 1030. The summed E-state index contributed by atoms with van der Waals surface area (Å²) in [6.45, 7) is 6.76. The molecule has 1 saturated heterocycles. The van der Waals surface area contributed by atoms with Gasteiger partial charge in [-0.3, -0.25) is 9.59 Å². The molecule has 176 valence electrons. The second-order valence-corrected chi connectivity index (χ2v) is 9.33. The topological polar surface area (TPSA) is 55.8 Å². The van der Waals surface area contributed by atoms with Gasteiger partial charge in [-0.15, -0.1) is 0 Å². The third kappa shape index (κ3) is 6.41. The Morgan fingerprint density at radius 3 is 2.42 bits per heavy atom. The molecule has 33 heavy (non-hydrogen) atoms. The van der Waals surface area contributed by atoms with E-state index in [1.54, 1.807) is 13.2 Å². The van der Waals surface area contributed by atoms with E-state index < -0.39 is 0 Å². The Hall–Kier alpha value is -2.73. The van der Waals surface area contributed by atoms with Crippen molar-refractivity contribution in [2.24, 2.45) is 0 Å². The fraction of sp³-hybridized carbons (Fsp3) is 0.407. The van der Waals surface area contributed by atoms with Crippen molar-refractivity contribution in [3.05, 3.63) is 58.0 Å². The summed E-state index contributed by atoms with van der Waals surface area (Å²) in [6.07, 6.45) is 8.97. The predicted molar refractivity (Wildman–Crippen MR) is 136 cm³/mol. The van der Waals surface area contributed by atoms with Gasteiger partial charge >= 0.3 is 0 Å². The first kappa shape index (κ1) is 24.9. The molecule has 0 N–H and O–H groups in total. The summed E-state index contributed by atoms with van der Waals surface area (Å²) < 4.78 is 11.4. The molecule has 2 aromatic rings. The van der Waals surface area contributed by atoms with Crippen molar-refractivity contribution in [3.63, 3.8) is 0 Å². The maximum atomic E-state index is 13.0. The van der Waals surface area contributed by atoms with Gasteiger partial charge in [-0.1, -0.05) is 62.8 Å². The summed E-state index contributed by atoms with van der Waals surface area (Å²) in [5.74, 6) is 0.995. The van der Waals surface area contributed by atoms with Crippen LogP contribution in [0.4, 0.5) is 10.5 Å². The van der Waals surface area contributed by atoms with Crippen LogP contribution in [-0.2, 0) is 4.79 Å². The highest BCUT2D eigenvalue weighted by molar-refractivity contribution is 8.19. The van der Waals surface area contributed by atoms with Crippen LogP contribution in [0.3, 0.4) is 0 Å². The molecule has 0 aromatic heterocycles. The molecule has 2 aromatic carbocycles. The van der Waals surface area contributed by atoms with E-state index in [2.05, 4.69) is 6.92 Å². The van der Waals surface area contributed by atoms with Crippen LogP contribution < -0.4 is 14.4 Å². The van der Waals surface area contributed by atoms with E-state index in [0.717, 1.165) is 41.3 Å². The number of ether oxygens (including phenoxy) is 2. The van der Waals surface area contributed by atoms with Crippen molar-refractivity contribution < 1.29 is 19.1 Å². The molecule has 0 saturated carbocycles. The number of nitrogens with zero attached hydrogens (tertiary/aromatic N) is 1. The predicted octanol–water partition coefficient (Wildman–Crippen LogP) is 7.29. The van der Waals surface area contributed by atoms with Crippen LogP contribution in [0.25, 0.3) is 6.08 Å². The van der Waals surface area contributed by atoms with Crippen molar-refractivity contribution in [1.82, 2.24) is 0 Å². The Morgan fingerprint density at radius 1 is 0.939 bits per heavy atom. The zero-order chi connectivity index (χ0) is 23.8. The van der Waals surface area contributed by atoms with E-state index in [-0.39, 0.29) is 11.1 Å². The average molecular weight is 468 g/mol. The van der Waals surface area contributed by atoms with Gasteiger partial charge in [0.1, 0.15) is 0 Å². The van der Waals surface area contributed by atoms with Gasteiger partial charge in [0.15, 0.2) is 11.5 Å².